The van der Waals surface area contributed by atoms with Gasteiger partial charge >= 0.3 is 5.97 Å². The van der Waals surface area contributed by atoms with Gasteiger partial charge in [-0.1, -0.05) is 30.3 Å². The van der Waals surface area contributed by atoms with E-state index in [-0.39, 0.29) is 19.1 Å². The van der Waals surface area contributed by atoms with Gasteiger partial charge in [-0.3, -0.25) is 9.35 Å². The lowest BCUT2D eigenvalue weighted by Gasteiger charge is -2.16. The van der Waals surface area contributed by atoms with Crippen LogP contribution < -0.4 is 9.62 Å². The zero-order valence-electron chi connectivity index (χ0n) is 14.1. The summed E-state index contributed by atoms with van der Waals surface area (Å²) in [6, 6.07) is 9.68. The van der Waals surface area contributed by atoms with Gasteiger partial charge in [0.15, 0.2) is 5.13 Å². The fraction of sp³-hybridized carbons (Fsp3) is 0.375. The van der Waals surface area contributed by atoms with Crippen molar-refractivity contribution in [3.8, 4) is 11.3 Å². The summed E-state index contributed by atoms with van der Waals surface area (Å²) in [7, 11) is 0. The Morgan fingerprint density at radius 3 is 2.76 bits per heavy atom. The summed E-state index contributed by atoms with van der Waals surface area (Å²) < 4.78 is 27.4. The van der Waals surface area contributed by atoms with Gasteiger partial charge in [-0.15, -0.1) is 11.3 Å². The summed E-state index contributed by atoms with van der Waals surface area (Å²) in [5, 5.41) is 3.36. The van der Waals surface area contributed by atoms with Crippen molar-refractivity contribution in [1.29, 1.82) is 0 Å². The second kappa shape index (κ2) is 9.62. The highest BCUT2D eigenvalue weighted by molar-refractivity contribution is 7.81. The van der Waals surface area contributed by atoms with Gasteiger partial charge < -0.3 is 10.1 Å². The molecule has 0 aliphatic carbocycles. The number of aryl methyl sites for hydroxylation is 1. The first-order chi connectivity index (χ1) is 12.0. The molecular weight excluding hydrogens is 362 g/mol. The number of nitrogens with zero attached hydrogens (tertiary/aromatic N) is 2. The topological polar surface area (TPSA) is 91.8 Å². The minimum atomic E-state index is -2.20. The normalized spacial score (nSPS) is 12.0. The Morgan fingerprint density at radius 1 is 1.40 bits per heavy atom. The van der Waals surface area contributed by atoms with E-state index < -0.39 is 11.3 Å². The standard InChI is InChI=1S/C16H21N3O4S2/c1-3-23-14(20)11-17-9-10-19(25(21)22)16-18-15(12(2)24-16)13-7-5-4-6-8-13/h4-8,17H,3,9-11H2,1-2H3,(H,21,22). The molecule has 136 valence electrons. The number of carbonyl (C=O) groups is 1. The number of hydrogen-bond donors (Lipinski definition) is 2. The van der Waals surface area contributed by atoms with E-state index in [1.54, 1.807) is 6.92 Å². The first-order valence-corrected chi connectivity index (χ1v) is 9.68. The van der Waals surface area contributed by atoms with Gasteiger partial charge in [0.05, 0.1) is 18.8 Å². The van der Waals surface area contributed by atoms with Crippen LogP contribution in [0.2, 0.25) is 0 Å². The lowest BCUT2D eigenvalue weighted by molar-refractivity contribution is -0.141. The Bertz CT molecular complexity index is 721. The Kier molecular flexibility index (Phi) is 7.51. The maximum atomic E-state index is 11.7. The summed E-state index contributed by atoms with van der Waals surface area (Å²) in [4.78, 5) is 16.8. The molecular formula is C16H21N3O4S2. The van der Waals surface area contributed by atoms with Crippen LogP contribution >= 0.6 is 11.3 Å². The van der Waals surface area contributed by atoms with Crippen LogP contribution in [-0.2, 0) is 20.8 Å². The molecule has 2 N–H and O–H groups in total. The summed E-state index contributed by atoms with van der Waals surface area (Å²) in [5.74, 6) is -0.351. The number of anilines is 1. The molecule has 0 fully saturated rings. The Hall–Kier alpha value is -1.81. The van der Waals surface area contributed by atoms with Crippen molar-refractivity contribution in [3.05, 3.63) is 35.2 Å². The number of rotatable bonds is 9. The van der Waals surface area contributed by atoms with E-state index in [0.29, 0.717) is 18.3 Å². The minimum absolute atomic E-state index is 0.0614. The van der Waals surface area contributed by atoms with Gasteiger partial charge in [0, 0.05) is 23.5 Å². The van der Waals surface area contributed by atoms with E-state index >= 15 is 0 Å². The predicted octanol–water partition coefficient (Wildman–Crippen LogP) is 2.21. The van der Waals surface area contributed by atoms with Gasteiger partial charge in [-0.25, -0.2) is 13.5 Å². The molecule has 0 aliphatic rings. The third-order valence-electron chi connectivity index (χ3n) is 3.30. The van der Waals surface area contributed by atoms with Crippen LogP contribution in [0, 0.1) is 6.92 Å². The number of hydrogen-bond acceptors (Lipinski definition) is 6. The van der Waals surface area contributed by atoms with E-state index in [2.05, 4.69) is 10.3 Å². The molecule has 0 amide bonds. The molecule has 1 unspecified atom stereocenters. The number of carbonyl (C=O) groups excluding carboxylic acids is 1. The summed E-state index contributed by atoms with van der Waals surface area (Å²) in [6.45, 7) is 4.65. The highest BCUT2D eigenvalue weighted by Gasteiger charge is 2.19. The third-order valence-corrected chi connectivity index (χ3v) is 5.14. The molecule has 1 atom stereocenters. The average molecular weight is 383 g/mol. The highest BCUT2D eigenvalue weighted by atomic mass is 32.2. The van der Waals surface area contributed by atoms with Gasteiger partial charge in [0.1, 0.15) is 0 Å². The molecule has 0 aliphatic heterocycles. The smallest absolute Gasteiger partial charge is 0.319 e. The molecule has 9 heteroatoms. The summed E-state index contributed by atoms with van der Waals surface area (Å²) >= 11 is -0.838. The lowest BCUT2D eigenvalue weighted by atomic mass is 10.1. The van der Waals surface area contributed by atoms with E-state index in [4.69, 9.17) is 4.74 Å². The predicted molar refractivity (Wildman–Crippen MR) is 99.9 cm³/mol. The van der Waals surface area contributed by atoms with Crippen LogP contribution in [0.4, 0.5) is 5.13 Å². The van der Waals surface area contributed by atoms with Gasteiger partial charge in [0.2, 0.25) is 0 Å². The van der Waals surface area contributed by atoms with Crippen molar-refractivity contribution >= 4 is 33.7 Å². The molecule has 0 bridgehead atoms. The van der Waals surface area contributed by atoms with Crippen molar-refractivity contribution in [2.75, 3.05) is 30.5 Å². The molecule has 1 aromatic carbocycles. The van der Waals surface area contributed by atoms with Crippen LogP contribution in [0.15, 0.2) is 30.3 Å². The van der Waals surface area contributed by atoms with E-state index in [9.17, 15) is 13.6 Å². The fourth-order valence-corrected chi connectivity index (χ4v) is 3.77. The van der Waals surface area contributed by atoms with Crippen molar-refractivity contribution < 1.29 is 18.3 Å². The lowest BCUT2D eigenvalue weighted by Crippen LogP contribution is -2.35. The zero-order chi connectivity index (χ0) is 18.2. The molecule has 25 heavy (non-hydrogen) atoms. The molecule has 0 spiro atoms. The second-order valence-electron chi connectivity index (χ2n) is 5.08. The Balaban J connectivity index is 2.03. The number of thiazole rings is 1. The van der Waals surface area contributed by atoms with Crippen molar-refractivity contribution in [3.63, 3.8) is 0 Å². The van der Waals surface area contributed by atoms with Crippen molar-refractivity contribution in [2.45, 2.75) is 13.8 Å². The van der Waals surface area contributed by atoms with Crippen molar-refractivity contribution in [1.82, 2.24) is 10.3 Å². The molecule has 2 aromatic rings. The van der Waals surface area contributed by atoms with Crippen LogP contribution in [0.25, 0.3) is 11.3 Å². The van der Waals surface area contributed by atoms with Gasteiger partial charge in [0.25, 0.3) is 11.3 Å². The third kappa shape index (κ3) is 5.60. The number of benzene rings is 1. The van der Waals surface area contributed by atoms with E-state index in [1.807, 2.05) is 37.3 Å². The largest absolute Gasteiger partial charge is 0.465 e. The van der Waals surface area contributed by atoms with E-state index in [0.717, 1.165) is 16.1 Å². The molecule has 2 rings (SSSR count). The van der Waals surface area contributed by atoms with Crippen LogP contribution in [0.3, 0.4) is 0 Å². The first kappa shape index (κ1) is 19.5. The van der Waals surface area contributed by atoms with Crippen LogP contribution in [0.1, 0.15) is 11.8 Å². The number of aromatic nitrogens is 1. The maximum absolute atomic E-state index is 11.7. The SMILES string of the molecule is CCOC(=O)CNCCN(c1nc(-c2ccccc2)c(C)s1)S(=O)O. The minimum Gasteiger partial charge on any atom is -0.465 e. The van der Waals surface area contributed by atoms with Crippen LogP contribution in [-0.4, -0.2) is 46.0 Å². The maximum Gasteiger partial charge on any atom is 0.319 e. The molecule has 0 saturated carbocycles. The Morgan fingerprint density at radius 2 is 2.12 bits per heavy atom. The Labute approximate surface area is 153 Å². The van der Waals surface area contributed by atoms with Gasteiger partial charge in [-0.2, -0.15) is 0 Å². The molecule has 1 aromatic heterocycles. The highest BCUT2D eigenvalue weighted by Crippen LogP contribution is 2.32. The quantitative estimate of drug-likeness (QED) is 0.392. The molecule has 0 saturated heterocycles. The zero-order valence-corrected chi connectivity index (χ0v) is 15.7. The monoisotopic (exact) mass is 383 g/mol. The summed E-state index contributed by atoms with van der Waals surface area (Å²) in [6.07, 6.45) is 0. The van der Waals surface area contributed by atoms with Gasteiger partial charge in [-0.05, 0) is 13.8 Å². The second-order valence-corrected chi connectivity index (χ2v) is 7.17. The number of esters is 1. The molecule has 7 nitrogen and oxygen atoms in total. The molecule has 1 heterocycles. The molecule has 0 radical (unpaired) electrons. The fourth-order valence-electron chi connectivity index (χ4n) is 2.18. The van der Waals surface area contributed by atoms with Crippen LogP contribution in [0.5, 0.6) is 0 Å². The average Bonchev–Trinajstić information content (AvgIpc) is 2.97. The summed E-state index contributed by atoms with van der Waals surface area (Å²) in [5.41, 5.74) is 1.77. The first-order valence-electron chi connectivity index (χ1n) is 7.80. The number of ether oxygens (including phenoxy) is 1. The van der Waals surface area contributed by atoms with E-state index in [1.165, 1.54) is 15.6 Å². The number of nitrogens with one attached hydrogen (secondary N) is 1. The van der Waals surface area contributed by atoms with Crippen molar-refractivity contribution in [2.24, 2.45) is 0 Å².